The topological polar surface area (TPSA) is 38.9 Å². The fraction of sp³-hybridized carbons (Fsp3) is 0.438. The van der Waals surface area contributed by atoms with Crippen LogP contribution in [0.15, 0.2) is 34.1 Å². The molecule has 4 heteroatoms. The zero-order valence-corrected chi connectivity index (χ0v) is 14.8. The third kappa shape index (κ3) is 3.68. The van der Waals surface area contributed by atoms with Crippen LogP contribution in [-0.2, 0) is 17.4 Å². The first-order chi connectivity index (χ1) is 9.18. The average Bonchev–Trinajstić information content (AvgIpc) is 2.76. The molecular weight excluding hydrogens is 332 g/mol. The van der Waals surface area contributed by atoms with Gasteiger partial charge in [-0.1, -0.05) is 48.8 Å². The van der Waals surface area contributed by atoms with Crippen LogP contribution in [0.25, 0.3) is 0 Å². The summed E-state index contributed by atoms with van der Waals surface area (Å²) in [4.78, 5) is 4.74. The van der Waals surface area contributed by atoms with Crippen LogP contribution in [0.1, 0.15) is 44.0 Å². The Hall–Kier alpha value is -0.710. The standard InChI is InChI=1S/C16H21BrN2S/c1-15(2,3)13-10-20-14(19-13)9-16(4,18)11-6-5-7-12(17)8-11/h5-8,10H,9,18H2,1-4H3. The summed E-state index contributed by atoms with van der Waals surface area (Å²) in [6, 6.07) is 8.19. The molecule has 0 saturated heterocycles. The first-order valence-corrected chi connectivity index (χ1v) is 8.35. The van der Waals surface area contributed by atoms with Crippen LogP contribution >= 0.6 is 27.3 Å². The van der Waals surface area contributed by atoms with Gasteiger partial charge in [0.15, 0.2) is 0 Å². The van der Waals surface area contributed by atoms with Crippen LogP contribution in [0.5, 0.6) is 0 Å². The van der Waals surface area contributed by atoms with Crippen molar-refractivity contribution < 1.29 is 0 Å². The van der Waals surface area contributed by atoms with Gasteiger partial charge in [0, 0.05) is 27.2 Å². The summed E-state index contributed by atoms with van der Waals surface area (Å²) >= 11 is 5.20. The second kappa shape index (κ2) is 5.58. The van der Waals surface area contributed by atoms with E-state index in [1.807, 2.05) is 12.1 Å². The Morgan fingerprint density at radius 3 is 2.50 bits per heavy atom. The quantitative estimate of drug-likeness (QED) is 0.874. The number of hydrogen-bond acceptors (Lipinski definition) is 3. The van der Waals surface area contributed by atoms with E-state index in [4.69, 9.17) is 10.7 Å². The maximum atomic E-state index is 6.50. The molecule has 0 amide bonds. The lowest BCUT2D eigenvalue weighted by atomic mass is 9.90. The average molecular weight is 353 g/mol. The smallest absolute Gasteiger partial charge is 0.0950 e. The highest BCUT2D eigenvalue weighted by Gasteiger charge is 2.25. The normalized spacial score (nSPS) is 15.1. The molecule has 1 atom stereocenters. The molecule has 2 N–H and O–H groups in total. The van der Waals surface area contributed by atoms with Gasteiger partial charge in [0.25, 0.3) is 0 Å². The number of benzene rings is 1. The van der Waals surface area contributed by atoms with Gasteiger partial charge in [-0.3, -0.25) is 0 Å². The van der Waals surface area contributed by atoms with Gasteiger partial charge in [-0.2, -0.15) is 0 Å². The molecule has 0 aliphatic rings. The second-order valence-corrected chi connectivity index (χ2v) is 8.34. The Labute approximate surface area is 133 Å². The highest BCUT2D eigenvalue weighted by atomic mass is 79.9. The van der Waals surface area contributed by atoms with E-state index in [0.717, 1.165) is 27.2 Å². The van der Waals surface area contributed by atoms with E-state index in [2.05, 4.69) is 61.1 Å². The van der Waals surface area contributed by atoms with Gasteiger partial charge in [0.1, 0.15) is 0 Å². The molecule has 2 rings (SSSR count). The molecule has 0 radical (unpaired) electrons. The van der Waals surface area contributed by atoms with Gasteiger partial charge in [-0.25, -0.2) is 4.98 Å². The lowest BCUT2D eigenvalue weighted by Gasteiger charge is -2.24. The van der Waals surface area contributed by atoms with Crippen molar-refractivity contribution in [3.63, 3.8) is 0 Å². The van der Waals surface area contributed by atoms with Crippen LogP contribution in [-0.4, -0.2) is 4.98 Å². The Kier molecular flexibility index (Phi) is 4.38. The number of hydrogen-bond donors (Lipinski definition) is 1. The van der Waals surface area contributed by atoms with Gasteiger partial charge in [0.05, 0.1) is 10.7 Å². The van der Waals surface area contributed by atoms with Gasteiger partial charge in [-0.05, 0) is 24.6 Å². The molecule has 0 spiro atoms. The summed E-state index contributed by atoms with van der Waals surface area (Å²) in [5, 5.41) is 3.24. The molecule has 0 saturated carbocycles. The van der Waals surface area contributed by atoms with Crippen molar-refractivity contribution in [2.45, 2.75) is 45.1 Å². The first kappa shape index (κ1) is 15.7. The predicted octanol–water partition coefficient (Wildman–Crippen LogP) is 4.62. The number of nitrogens with zero attached hydrogens (tertiary/aromatic N) is 1. The fourth-order valence-electron chi connectivity index (χ4n) is 2.00. The summed E-state index contributed by atoms with van der Waals surface area (Å²) < 4.78 is 1.06. The fourth-order valence-corrected chi connectivity index (χ4v) is 3.58. The van der Waals surface area contributed by atoms with Crippen LogP contribution < -0.4 is 5.73 Å². The lowest BCUT2D eigenvalue weighted by Crippen LogP contribution is -2.35. The lowest BCUT2D eigenvalue weighted by molar-refractivity contribution is 0.486. The minimum atomic E-state index is -0.406. The summed E-state index contributed by atoms with van der Waals surface area (Å²) in [7, 11) is 0. The second-order valence-electron chi connectivity index (χ2n) is 6.48. The summed E-state index contributed by atoms with van der Waals surface area (Å²) in [5.41, 5.74) is 8.46. The number of nitrogens with two attached hydrogens (primary N) is 1. The van der Waals surface area contributed by atoms with Crippen LogP contribution in [0.2, 0.25) is 0 Å². The summed E-state index contributed by atoms with van der Waals surface area (Å²) in [6.07, 6.45) is 0.754. The first-order valence-electron chi connectivity index (χ1n) is 6.68. The molecule has 1 aromatic heterocycles. The highest BCUT2D eigenvalue weighted by Crippen LogP contribution is 2.29. The van der Waals surface area contributed by atoms with E-state index in [0.29, 0.717) is 0 Å². The minimum absolute atomic E-state index is 0.0928. The van der Waals surface area contributed by atoms with E-state index in [1.54, 1.807) is 11.3 Å². The Morgan fingerprint density at radius 1 is 1.25 bits per heavy atom. The largest absolute Gasteiger partial charge is 0.321 e. The maximum absolute atomic E-state index is 6.50. The number of aromatic nitrogens is 1. The molecule has 1 aromatic carbocycles. The molecule has 0 bridgehead atoms. The molecule has 1 unspecified atom stereocenters. The van der Waals surface area contributed by atoms with Gasteiger partial charge in [-0.15, -0.1) is 11.3 Å². The van der Waals surface area contributed by atoms with Crippen molar-refractivity contribution >= 4 is 27.3 Å². The van der Waals surface area contributed by atoms with E-state index in [1.165, 1.54) is 0 Å². The third-order valence-corrected chi connectivity index (χ3v) is 4.66. The summed E-state index contributed by atoms with van der Waals surface area (Å²) in [5.74, 6) is 0. The van der Waals surface area contributed by atoms with Crippen LogP contribution in [0.3, 0.4) is 0 Å². The molecule has 2 aromatic rings. The highest BCUT2D eigenvalue weighted by molar-refractivity contribution is 9.10. The van der Waals surface area contributed by atoms with E-state index in [9.17, 15) is 0 Å². The van der Waals surface area contributed by atoms with Gasteiger partial charge >= 0.3 is 0 Å². The number of halogens is 1. The Balaban J connectivity index is 2.22. The molecule has 0 aliphatic carbocycles. The van der Waals surface area contributed by atoms with Crippen molar-refractivity contribution in [1.82, 2.24) is 4.98 Å². The van der Waals surface area contributed by atoms with Crippen molar-refractivity contribution in [2.24, 2.45) is 5.73 Å². The zero-order valence-electron chi connectivity index (χ0n) is 12.4. The minimum Gasteiger partial charge on any atom is -0.321 e. The monoisotopic (exact) mass is 352 g/mol. The van der Waals surface area contributed by atoms with Crippen molar-refractivity contribution in [2.75, 3.05) is 0 Å². The van der Waals surface area contributed by atoms with E-state index >= 15 is 0 Å². The predicted molar refractivity (Wildman–Crippen MR) is 90.2 cm³/mol. The molecular formula is C16H21BrN2S. The number of thiazole rings is 1. The zero-order chi connectivity index (χ0) is 15.0. The molecule has 108 valence electrons. The molecule has 1 heterocycles. The maximum Gasteiger partial charge on any atom is 0.0950 e. The van der Waals surface area contributed by atoms with Crippen molar-refractivity contribution in [3.8, 4) is 0 Å². The van der Waals surface area contributed by atoms with Gasteiger partial charge in [0.2, 0.25) is 0 Å². The summed E-state index contributed by atoms with van der Waals surface area (Å²) in [6.45, 7) is 8.61. The molecule has 0 aliphatic heterocycles. The molecule has 0 fully saturated rings. The third-order valence-electron chi connectivity index (χ3n) is 3.32. The number of rotatable bonds is 3. The van der Waals surface area contributed by atoms with Gasteiger partial charge < -0.3 is 5.73 Å². The van der Waals surface area contributed by atoms with Crippen LogP contribution in [0, 0.1) is 0 Å². The van der Waals surface area contributed by atoms with E-state index < -0.39 is 5.54 Å². The van der Waals surface area contributed by atoms with E-state index in [-0.39, 0.29) is 5.41 Å². The van der Waals surface area contributed by atoms with Crippen molar-refractivity contribution in [1.29, 1.82) is 0 Å². The van der Waals surface area contributed by atoms with Crippen molar-refractivity contribution in [3.05, 3.63) is 50.4 Å². The Morgan fingerprint density at radius 2 is 1.95 bits per heavy atom. The SMILES string of the molecule is CC(C)(C)c1csc(CC(C)(N)c2cccc(Br)c2)n1. The molecule has 2 nitrogen and oxygen atoms in total. The van der Waals surface area contributed by atoms with Crippen LogP contribution in [0.4, 0.5) is 0 Å². The Bertz CT molecular complexity index is 597. The molecule has 20 heavy (non-hydrogen) atoms.